The van der Waals surface area contributed by atoms with Crippen LogP contribution in [0.25, 0.3) is 0 Å². The molecule has 1 aliphatic rings. The normalized spacial score (nSPS) is 24.9. The number of likely N-dealkylation sites (tertiary alicyclic amines) is 1. The molecule has 0 bridgehead atoms. The van der Waals surface area contributed by atoms with E-state index in [0.29, 0.717) is 0 Å². The Morgan fingerprint density at radius 2 is 2.26 bits per heavy atom. The molecule has 0 aliphatic carbocycles. The summed E-state index contributed by atoms with van der Waals surface area (Å²) in [5.41, 5.74) is 7.56. The van der Waals surface area contributed by atoms with Crippen molar-refractivity contribution >= 4 is 15.9 Å². The molecule has 0 amide bonds. The quantitative estimate of drug-likeness (QED) is 0.922. The molecule has 1 unspecified atom stereocenters. The van der Waals surface area contributed by atoms with E-state index >= 15 is 0 Å². The molecular formula is C15H24BrN3. The number of hydrogen-bond acceptors (Lipinski definition) is 3. The van der Waals surface area contributed by atoms with Crippen LogP contribution >= 0.6 is 15.9 Å². The van der Waals surface area contributed by atoms with Crippen LogP contribution in [0.5, 0.6) is 0 Å². The molecule has 4 heteroatoms. The third kappa shape index (κ3) is 3.57. The molecule has 2 rings (SSSR count). The van der Waals surface area contributed by atoms with E-state index in [-0.39, 0.29) is 5.54 Å². The van der Waals surface area contributed by atoms with E-state index in [1.807, 2.05) is 0 Å². The highest BCUT2D eigenvalue weighted by Gasteiger charge is 2.36. The van der Waals surface area contributed by atoms with E-state index in [9.17, 15) is 0 Å². The lowest BCUT2D eigenvalue weighted by molar-refractivity contribution is 0.0396. The third-order valence-electron chi connectivity index (χ3n) is 4.24. The van der Waals surface area contributed by atoms with Crippen molar-refractivity contribution in [3.63, 3.8) is 0 Å². The lowest BCUT2D eigenvalue weighted by Gasteiger charge is -2.47. The van der Waals surface area contributed by atoms with Gasteiger partial charge in [0.05, 0.1) is 0 Å². The minimum atomic E-state index is 0.120. The van der Waals surface area contributed by atoms with Gasteiger partial charge in [-0.25, -0.2) is 0 Å². The lowest BCUT2D eigenvalue weighted by atomic mass is 9.87. The minimum Gasteiger partial charge on any atom is -0.329 e. The fourth-order valence-electron chi connectivity index (χ4n) is 3.05. The van der Waals surface area contributed by atoms with Gasteiger partial charge in [0.25, 0.3) is 0 Å². The van der Waals surface area contributed by atoms with Gasteiger partial charge in [0.2, 0.25) is 0 Å². The van der Waals surface area contributed by atoms with E-state index in [4.69, 9.17) is 5.73 Å². The number of likely N-dealkylation sites (N-methyl/N-ethyl adjacent to an activating group) is 2. The Morgan fingerprint density at radius 3 is 2.89 bits per heavy atom. The summed E-state index contributed by atoms with van der Waals surface area (Å²) in [5.74, 6) is 0. The SMILES string of the molecule is CN1CCCC(CN)(N(C)Cc2cccc(Br)c2)C1. The zero-order valence-electron chi connectivity index (χ0n) is 11.9. The molecule has 106 valence electrons. The summed E-state index contributed by atoms with van der Waals surface area (Å²) >= 11 is 3.54. The predicted octanol–water partition coefficient (Wildman–Crippen LogP) is 2.30. The first-order chi connectivity index (χ1) is 9.05. The summed E-state index contributed by atoms with van der Waals surface area (Å²) in [4.78, 5) is 4.83. The summed E-state index contributed by atoms with van der Waals surface area (Å²) in [7, 11) is 4.39. The summed E-state index contributed by atoms with van der Waals surface area (Å²) < 4.78 is 1.14. The molecular weight excluding hydrogens is 302 g/mol. The van der Waals surface area contributed by atoms with Crippen LogP contribution in [0.4, 0.5) is 0 Å². The number of rotatable bonds is 4. The molecule has 0 radical (unpaired) electrons. The smallest absolute Gasteiger partial charge is 0.0459 e. The molecule has 3 nitrogen and oxygen atoms in total. The van der Waals surface area contributed by atoms with Crippen molar-refractivity contribution in [3.8, 4) is 0 Å². The van der Waals surface area contributed by atoms with Crippen molar-refractivity contribution in [2.45, 2.75) is 24.9 Å². The maximum Gasteiger partial charge on any atom is 0.0459 e. The summed E-state index contributed by atoms with van der Waals surface area (Å²) in [6.07, 6.45) is 2.43. The van der Waals surface area contributed by atoms with Crippen molar-refractivity contribution in [1.82, 2.24) is 9.80 Å². The Bertz CT molecular complexity index is 424. The van der Waals surface area contributed by atoms with Crippen LogP contribution in [-0.4, -0.2) is 49.1 Å². The molecule has 1 aliphatic heterocycles. The molecule has 2 N–H and O–H groups in total. The van der Waals surface area contributed by atoms with Crippen LogP contribution in [0.2, 0.25) is 0 Å². The van der Waals surface area contributed by atoms with E-state index in [2.05, 4.69) is 64.1 Å². The van der Waals surface area contributed by atoms with Crippen molar-refractivity contribution < 1.29 is 0 Å². The van der Waals surface area contributed by atoms with Crippen molar-refractivity contribution in [2.24, 2.45) is 5.73 Å². The zero-order valence-corrected chi connectivity index (χ0v) is 13.5. The molecule has 1 aromatic rings. The van der Waals surface area contributed by atoms with E-state index in [1.54, 1.807) is 0 Å². The van der Waals surface area contributed by atoms with Gasteiger partial charge in [0.15, 0.2) is 0 Å². The van der Waals surface area contributed by atoms with Crippen molar-refractivity contribution in [2.75, 3.05) is 33.7 Å². The van der Waals surface area contributed by atoms with Crippen LogP contribution in [0.1, 0.15) is 18.4 Å². The molecule has 19 heavy (non-hydrogen) atoms. The summed E-state index contributed by atoms with van der Waals surface area (Å²) in [6.45, 7) is 3.92. The number of nitrogens with two attached hydrogens (primary N) is 1. The van der Waals surface area contributed by atoms with Crippen molar-refractivity contribution in [1.29, 1.82) is 0 Å². The highest BCUT2D eigenvalue weighted by Crippen LogP contribution is 2.27. The van der Waals surface area contributed by atoms with Crippen molar-refractivity contribution in [3.05, 3.63) is 34.3 Å². The fourth-order valence-corrected chi connectivity index (χ4v) is 3.50. The second-order valence-corrected chi connectivity index (χ2v) is 6.67. The number of benzene rings is 1. The first-order valence-electron chi connectivity index (χ1n) is 6.90. The second-order valence-electron chi connectivity index (χ2n) is 5.76. The second kappa shape index (κ2) is 6.35. The maximum absolute atomic E-state index is 6.11. The molecule has 0 aromatic heterocycles. The Hall–Kier alpha value is -0.420. The molecule has 1 saturated heterocycles. The maximum atomic E-state index is 6.11. The van der Waals surface area contributed by atoms with Gasteiger partial charge in [0, 0.05) is 29.6 Å². The minimum absolute atomic E-state index is 0.120. The largest absolute Gasteiger partial charge is 0.329 e. The predicted molar refractivity (Wildman–Crippen MR) is 84.1 cm³/mol. The number of hydrogen-bond donors (Lipinski definition) is 1. The van der Waals surface area contributed by atoms with Gasteiger partial charge >= 0.3 is 0 Å². The average Bonchev–Trinajstić information content (AvgIpc) is 2.38. The number of halogens is 1. The molecule has 0 saturated carbocycles. The van der Waals surface area contributed by atoms with Crippen LogP contribution in [0.15, 0.2) is 28.7 Å². The topological polar surface area (TPSA) is 32.5 Å². The van der Waals surface area contributed by atoms with Gasteiger partial charge in [-0.15, -0.1) is 0 Å². The molecule has 0 spiro atoms. The van der Waals surface area contributed by atoms with Crippen LogP contribution in [0.3, 0.4) is 0 Å². The van der Waals surface area contributed by atoms with E-state index in [1.165, 1.54) is 24.9 Å². The van der Waals surface area contributed by atoms with Gasteiger partial charge in [-0.3, -0.25) is 4.90 Å². The molecule has 1 aromatic carbocycles. The van der Waals surface area contributed by atoms with E-state index in [0.717, 1.165) is 24.1 Å². The summed E-state index contributed by atoms with van der Waals surface area (Å²) in [6, 6.07) is 8.53. The van der Waals surface area contributed by atoms with E-state index < -0.39 is 0 Å². The van der Waals surface area contributed by atoms with Crippen LogP contribution in [0, 0.1) is 0 Å². The lowest BCUT2D eigenvalue weighted by Crippen LogP contribution is -2.60. The third-order valence-corrected chi connectivity index (χ3v) is 4.74. The first-order valence-corrected chi connectivity index (χ1v) is 7.69. The van der Waals surface area contributed by atoms with Crippen LogP contribution < -0.4 is 5.73 Å². The van der Waals surface area contributed by atoms with Crippen LogP contribution in [-0.2, 0) is 6.54 Å². The summed E-state index contributed by atoms with van der Waals surface area (Å²) in [5, 5.41) is 0. The number of nitrogens with zero attached hydrogens (tertiary/aromatic N) is 2. The van der Waals surface area contributed by atoms with Gasteiger partial charge in [-0.2, -0.15) is 0 Å². The first kappa shape index (κ1) is 15.0. The Kier molecular flexibility index (Phi) is 5.01. The highest BCUT2D eigenvalue weighted by molar-refractivity contribution is 9.10. The Morgan fingerprint density at radius 1 is 1.47 bits per heavy atom. The zero-order chi connectivity index (χ0) is 13.9. The Labute approximate surface area is 124 Å². The van der Waals surface area contributed by atoms with Gasteiger partial charge in [0.1, 0.15) is 0 Å². The standard InChI is InChI=1S/C15H24BrN3/c1-18-8-4-7-15(11-17,12-18)19(2)10-13-5-3-6-14(16)9-13/h3,5-6,9H,4,7-8,10-12,17H2,1-2H3. The molecule has 1 heterocycles. The van der Waals surface area contributed by atoms with Gasteiger partial charge in [-0.1, -0.05) is 28.1 Å². The monoisotopic (exact) mass is 325 g/mol. The number of piperidine rings is 1. The average molecular weight is 326 g/mol. The highest BCUT2D eigenvalue weighted by atomic mass is 79.9. The molecule has 1 atom stereocenters. The fraction of sp³-hybridized carbons (Fsp3) is 0.600. The molecule has 1 fully saturated rings. The van der Waals surface area contributed by atoms with Gasteiger partial charge in [-0.05, 0) is 51.2 Å². The Balaban J connectivity index is 2.10. The van der Waals surface area contributed by atoms with Gasteiger partial charge < -0.3 is 10.6 Å².